The zero-order chi connectivity index (χ0) is 8.89. The minimum Gasteiger partial charge on any atom is -0.383 e. The van der Waals surface area contributed by atoms with E-state index in [0.717, 1.165) is 31.4 Å². The molecule has 1 aromatic rings. The molecule has 1 fully saturated rings. The minimum atomic E-state index is -0.554. The third-order valence-electron chi connectivity index (χ3n) is 3.22. The third-order valence-corrected chi connectivity index (χ3v) is 3.22. The van der Waals surface area contributed by atoms with Crippen molar-refractivity contribution in [2.75, 3.05) is 0 Å². The summed E-state index contributed by atoms with van der Waals surface area (Å²) in [6, 6.07) is 0. The van der Waals surface area contributed by atoms with E-state index >= 15 is 0 Å². The van der Waals surface area contributed by atoms with Gasteiger partial charge in [0, 0.05) is 5.69 Å². The van der Waals surface area contributed by atoms with Gasteiger partial charge in [0.15, 0.2) is 0 Å². The van der Waals surface area contributed by atoms with Crippen molar-refractivity contribution < 1.29 is 5.11 Å². The van der Waals surface area contributed by atoms with Crippen LogP contribution in [-0.4, -0.2) is 15.3 Å². The van der Waals surface area contributed by atoms with Crippen LogP contribution in [-0.2, 0) is 18.4 Å². The Labute approximate surface area is 77.2 Å². The van der Waals surface area contributed by atoms with Crippen LogP contribution in [0.4, 0.5) is 0 Å². The molecule has 0 amide bonds. The van der Waals surface area contributed by atoms with E-state index in [9.17, 15) is 5.11 Å². The number of aromatic amines is 1. The average molecular weight is 178 g/mol. The molecule has 0 saturated heterocycles. The normalized spacial score (nSPS) is 24.1. The van der Waals surface area contributed by atoms with Gasteiger partial charge in [0.1, 0.15) is 5.60 Å². The number of nitrogens with zero attached hydrogens (tertiary/aromatic N) is 1. The maximum Gasteiger partial charge on any atom is 0.109 e. The SMILES string of the molecule is OC1(c2n[nH]c3c2CCCC3)CC1. The highest BCUT2D eigenvalue weighted by Crippen LogP contribution is 2.46. The molecule has 0 atom stereocenters. The molecule has 0 unspecified atom stereocenters. The number of nitrogens with one attached hydrogen (secondary N) is 1. The summed E-state index contributed by atoms with van der Waals surface area (Å²) in [7, 11) is 0. The van der Waals surface area contributed by atoms with Gasteiger partial charge in [-0.1, -0.05) is 0 Å². The molecule has 0 aromatic carbocycles. The van der Waals surface area contributed by atoms with Crippen LogP contribution in [0.15, 0.2) is 0 Å². The minimum absolute atomic E-state index is 0.554. The summed E-state index contributed by atoms with van der Waals surface area (Å²) in [5.41, 5.74) is 2.97. The lowest BCUT2D eigenvalue weighted by Crippen LogP contribution is -2.10. The van der Waals surface area contributed by atoms with Crippen molar-refractivity contribution >= 4 is 0 Å². The highest BCUT2D eigenvalue weighted by atomic mass is 16.3. The molecule has 2 aliphatic rings. The van der Waals surface area contributed by atoms with Crippen molar-refractivity contribution in [1.29, 1.82) is 0 Å². The molecule has 70 valence electrons. The summed E-state index contributed by atoms with van der Waals surface area (Å²) in [4.78, 5) is 0. The fourth-order valence-electron chi connectivity index (χ4n) is 2.22. The Bertz CT molecular complexity index is 339. The standard InChI is InChI=1S/C10H14N2O/c13-10(5-6-10)9-7-3-1-2-4-8(7)11-12-9/h13H,1-6H2,(H,11,12). The number of aliphatic hydroxyl groups is 1. The van der Waals surface area contributed by atoms with Crippen LogP contribution in [0.3, 0.4) is 0 Å². The number of aromatic nitrogens is 2. The summed E-state index contributed by atoms with van der Waals surface area (Å²) in [5.74, 6) is 0. The lowest BCUT2D eigenvalue weighted by Gasteiger charge is -2.13. The van der Waals surface area contributed by atoms with Gasteiger partial charge in [-0.3, -0.25) is 5.10 Å². The fraction of sp³-hybridized carbons (Fsp3) is 0.700. The molecule has 1 aromatic heterocycles. The number of H-pyrrole nitrogens is 1. The number of aryl methyl sites for hydroxylation is 1. The van der Waals surface area contributed by atoms with Crippen LogP contribution in [0.25, 0.3) is 0 Å². The summed E-state index contributed by atoms with van der Waals surface area (Å²) in [6.45, 7) is 0. The first-order valence-corrected chi connectivity index (χ1v) is 5.09. The topological polar surface area (TPSA) is 48.9 Å². The number of hydrogen-bond acceptors (Lipinski definition) is 2. The Morgan fingerprint density at radius 1 is 1.23 bits per heavy atom. The van der Waals surface area contributed by atoms with Crippen molar-refractivity contribution in [2.45, 2.75) is 44.1 Å². The predicted octanol–water partition coefficient (Wildman–Crippen LogP) is 1.27. The maximum absolute atomic E-state index is 9.96. The van der Waals surface area contributed by atoms with Crippen LogP contribution in [0.2, 0.25) is 0 Å². The van der Waals surface area contributed by atoms with Crippen molar-refractivity contribution in [3.63, 3.8) is 0 Å². The van der Waals surface area contributed by atoms with Gasteiger partial charge in [0.05, 0.1) is 5.69 Å². The Morgan fingerprint density at radius 2 is 2.00 bits per heavy atom. The van der Waals surface area contributed by atoms with Crippen molar-refractivity contribution in [2.24, 2.45) is 0 Å². The second-order valence-corrected chi connectivity index (χ2v) is 4.27. The zero-order valence-electron chi connectivity index (χ0n) is 7.64. The van der Waals surface area contributed by atoms with Crippen molar-refractivity contribution in [3.8, 4) is 0 Å². The van der Waals surface area contributed by atoms with E-state index in [2.05, 4.69) is 10.2 Å². The lowest BCUT2D eigenvalue weighted by atomic mass is 9.94. The van der Waals surface area contributed by atoms with Gasteiger partial charge in [0.25, 0.3) is 0 Å². The van der Waals surface area contributed by atoms with Crippen LogP contribution >= 0.6 is 0 Å². The molecular formula is C10H14N2O. The van der Waals surface area contributed by atoms with E-state index < -0.39 is 5.60 Å². The van der Waals surface area contributed by atoms with Gasteiger partial charge in [-0.2, -0.15) is 5.10 Å². The molecule has 0 spiro atoms. The molecule has 1 saturated carbocycles. The van der Waals surface area contributed by atoms with Gasteiger partial charge < -0.3 is 5.11 Å². The molecule has 2 N–H and O–H groups in total. The Hall–Kier alpha value is -0.830. The summed E-state index contributed by atoms with van der Waals surface area (Å²) in [6.07, 6.45) is 6.50. The van der Waals surface area contributed by atoms with Gasteiger partial charge in [0.2, 0.25) is 0 Å². The predicted molar refractivity (Wildman–Crippen MR) is 48.4 cm³/mol. The fourth-order valence-corrected chi connectivity index (χ4v) is 2.22. The van der Waals surface area contributed by atoms with E-state index in [1.807, 2.05) is 0 Å². The van der Waals surface area contributed by atoms with Gasteiger partial charge >= 0.3 is 0 Å². The first-order valence-electron chi connectivity index (χ1n) is 5.09. The zero-order valence-corrected chi connectivity index (χ0v) is 7.64. The monoisotopic (exact) mass is 178 g/mol. The smallest absolute Gasteiger partial charge is 0.109 e. The lowest BCUT2D eigenvalue weighted by molar-refractivity contribution is 0.145. The quantitative estimate of drug-likeness (QED) is 0.680. The van der Waals surface area contributed by atoms with E-state index in [-0.39, 0.29) is 0 Å². The van der Waals surface area contributed by atoms with E-state index in [1.54, 1.807) is 0 Å². The van der Waals surface area contributed by atoms with Crippen LogP contribution in [0.5, 0.6) is 0 Å². The van der Waals surface area contributed by atoms with Crippen LogP contribution in [0, 0.1) is 0 Å². The number of fused-ring (bicyclic) bond motifs is 1. The van der Waals surface area contributed by atoms with E-state index in [0.29, 0.717) is 0 Å². The van der Waals surface area contributed by atoms with Crippen molar-refractivity contribution in [1.82, 2.24) is 10.2 Å². The number of hydrogen-bond donors (Lipinski definition) is 2. The van der Waals surface area contributed by atoms with E-state index in [1.165, 1.54) is 24.1 Å². The number of rotatable bonds is 1. The largest absolute Gasteiger partial charge is 0.383 e. The Balaban J connectivity index is 2.06. The molecule has 3 heteroatoms. The van der Waals surface area contributed by atoms with E-state index in [4.69, 9.17) is 0 Å². The molecular weight excluding hydrogens is 164 g/mol. The second-order valence-electron chi connectivity index (χ2n) is 4.27. The van der Waals surface area contributed by atoms with Crippen molar-refractivity contribution in [3.05, 3.63) is 17.0 Å². The Morgan fingerprint density at radius 3 is 2.77 bits per heavy atom. The molecule has 0 aliphatic heterocycles. The second kappa shape index (κ2) is 2.35. The molecule has 1 heterocycles. The highest BCUT2D eigenvalue weighted by Gasteiger charge is 2.46. The molecule has 0 bridgehead atoms. The maximum atomic E-state index is 9.96. The third kappa shape index (κ3) is 1.03. The highest BCUT2D eigenvalue weighted by molar-refractivity contribution is 5.34. The Kier molecular flexibility index (Phi) is 1.37. The first kappa shape index (κ1) is 7.56. The van der Waals surface area contributed by atoms with Crippen LogP contribution in [0.1, 0.15) is 42.6 Å². The molecule has 3 nitrogen and oxygen atoms in total. The van der Waals surface area contributed by atoms with Gasteiger partial charge in [-0.25, -0.2) is 0 Å². The summed E-state index contributed by atoms with van der Waals surface area (Å²) >= 11 is 0. The average Bonchev–Trinajstić information content (AvgIpc) is 2.76. The molecule has 0 radical (unpaired) electrons. The molecule has 2 aliphatic carbocycles. The van der Waals surface area contributed by atoms with Gasteiger partial charge in [-0.05, 0) is 44.1 Å². The molecule has 13 heavy (non-hydrogen) atoms. The summed E-state index contributed by atoms with van der Waals surface area (Å²) < 4.78 is 0. The summed E-state index contributed by atoms with van der Waals surface area (Å²) in [5, 5.41) is 17.3. The first-order chi connectivity index (χ1) is 6.30. The molecule has 3 rings (SSSR count). The van der Waals surface area contributed by atoms with Crippen LogP contribution < -0.4 is 0 Å². The van der Waals surface area contributed by atoms with Gasteiger partial charge in [-0.15, -0.1) is 0 Å².